The lowest BCUT2D eigenvalue weighted by atomic mass is 10.0. The second kappa shape index (κ2) is 6.79. The molecule has 0 aliphatic heterocycles. The summed E-state index contributed by atoms with van der Waals surface area (Å²) in [7, 11) is 0. The van der Waals surface area contributed by atoms with E-state index in [-0.39, 0.29) is 11.9 Å². The first kappa shape index (κ1) is 16.1. The molecule has 1 amide bonds. The maximum absolute atomic E-state index is 12.9. The van der Waals surface area contributed by atoms with Crippen LogP contribution in [-0.2, 0) is 6.42 Å². The highest BCUT2D eigenvalue weighted by Crippen LogP contribution is 2.26. The number of nitrogens with one attached hydrogen (secondary N) is 1. The topological polar surface area (TPSA) is 60.0 Å². The Hall–Kier alpha value is -2.75. The van der Waals surface area contributed by atoms with Gasteiger partial charge in [0.25, 0.3) is 5.91 Å². The zero-order valence-electron chi connectivity index (χ0n) is 14.1. The van der Waals surface area contributed by atoms with Crippen LogP contribution in [0.5, 0.6) is 0 Å². The van der Waals surface area contributed by atoms with Gasteiger partial charge in [-0.2, -0.15) is 0 Å². The van der Waals surface area contributed by atoms with E-state index >= 15 is 0 Å². The van der Waals surface area contributed by atoms with Gasteiger partial charge in [0, 0.05) is 5.39 Å². The SMILES string of the molecule is CCCc1c(C(=O)N[C@@H](C)c2ccccc2)n(N)c2ccccc12. The van der Waals surface area contributed by atoms with E-state index in [0.717, 1.165) is 34.9 Å². The van der Waals surface area contributed by atoms with E-state index in [1.165, 1.54) is 4.68 Å². The molecule has 0 fully saturated rings. The van der Waals surface area contributed by atoms with Crippen molar-refractivity contribution < 1.29 is 4.79 Å². The fourth-order valence-electron chi connectivity index (χ4n) is 3.17. The first-order valence-electron chi connectivity index (χ1n) is 8.36. The van der Waals surface area contributed by atoms with Crippen LogP contribution in [0.2, 0.25) is 0 Å². The summed E-state index contributed by atoms with van der Waals surface area (Å²) >= 11 is 0. The van der Waals surface area contributed by atoms with Gasteiger partial charge in [-0.15, -0.1) is 0 Å². The van der Waals surface area contributed by atoms with Gasteiger partial charge in [-0.3, -0.25) is 9.47 Å². The third-order valence-corrected chi connectivity index (χ3v) is 4.38. The van der Waals surface area contributed by atoms with E-state index in [9.17, 15) is 4.79 Å². The van der Waals surface area contributed by atoms with Crippen molar-refractivity contribution in [3.05, 3.63) is 71.4 Å². The van der Waals surface area contributed by atoms with Crippen LogP contribution < -0.4 is 11.2 Å². The first-order chi connectivity index (χ1) is 11.6. The Labute approximate surface area is 142 Å². The van der Waals surface area contributed by atoms with Crippen molar-refractivity contribution in [3.63, 3.8) is 0 Å². The molecule has 124 valence electrons. The minimum atomic E-state index is -0.131. The van der Waals surface area contributed by atoms with Gasteiger partial charge in [-0.05, 0) is 30.5 Å². The molecule has 0 bridgehead atoms. The predicted octanol–water partition coefficient (Wildman–Crippen LogP) is 3.80. The molecule has 0 spiro atoms. The maximum Gasteiger partial charge on any atom is 0.270 e. The number of nitrogen functional groups attached to an aromatic ring is 1. The van der Waals surface area contributed by atoms with Crippen molar-refractivity contribution >= 4 is 16.8 Å². The summed E-state index contributed by atoms with van der Waals surface area (Å²) in [5, 5.41) is 4.13. The van der Waals surface area contributed by atoms with Gasteiger partial charge in [-0.1, -0.05) is 61.9 Å². The molecule has 0 radical (unpaired) electrons. The van der Waals surface area contributed by atoms with Crippen LogP contribution in [0, 0.1) is 0 Å². The standard InChI is InChI=1S/C20H23N3O/c1-3-9-17-16-12-7-8-13-18(16)23(21)19(17)20(24)22-14(2)15-10-5-4-6-11-15/h4-8,10-14H,3,9,21H2,1-2H3,(H,22,24)/t14-/m0/s1. The molecule has 0 aliphatic rings. The van der Waals surface area contributed by atoms with Crippen molar-refractivity contribution in [3.8, 4) is 0 Å². The van der Waals surface area contributed by atoms with Crippen LogP contribution in [0.4, 0.5) is 0 Å². The molecule has 0 aliphatic carbocycles. The molecule has 4 nitrogen and oxygen atoms in total. The zero-order chi connectivity index (χ0) is 17.1. The Morgan fingerprint density at radius 2 is 1.79 bits per heavy atom. The van der Waals surface area contributed by atoms with Gasteiger partial charge in [0.1, 0.15) is 5.69 Å². The second-order valence-corrected chi connectivity index (χ2v) is 6.07. The van der Waals surface area contributed by atoms with Crippen molar-refractivity contribution in [2.24, 2.45) is 0 Å². The molecule has 0 saturated heterocycles. The molecule has 1 heterocycles. The summed E-state index contributed by atoms with van der Waals surface area (Å²) in [5.74, 6) is 6.11. The molecular weight excluding hydrogens is 298 g/mol. The first-order valence-corrected chi connectivity index (χ1v) is 8.36. The normalized spacial score (nSPS) is 12.2. The minimum absolute atomic E-state index is 0.0776. The number of para-hydroxylation sites is 1. The minimum Gasteiger partial charge on any atom is -0.344 e. The lowest BCUT2D eigenvalue weighted by molar-refractivity contribution is 0.0932. The number of nitrogens with two attached hydrogens (primary N) is 1. The molecule has 3 aromatic rings. The predicted molar refractivity (Wildman–Crippen MR) is 98.4 cm³/mol. The number of amides is 1. The monoisotopic (exact) mass is 321 g/mol. The van der Waals surface area contributed by atoms with Gasteiger partial charge in [0.05, 0.1) is 11.6 Å². The number of aromatic nitrogens is 1. The highest BCUT2D eigenvalue weighted by molar-refractivity contribution is 6.02. The number of fused-ring (bicyclic) bond motifs is 1. The third kappa shape index (κ3) is 2.87. The molecule has 24 heavy (non-hydrogen) atoms. The van der Waals surface area contributed by atoms with E-state index in [1.807, 2.05) is 61.5 Å². The molecule has 1 aromatic heterocycles. The third-order valence-electron chi connectivity index (χ3n) is 4.38. The van der Waals surface area contributed by atoms with E-state index in [2.05, 4.69) is 12.2 Å². The Kier molecular flexibility index (Phi) is 4.56. The molecule has 3 rings (SSSR count). The molecule has 0 saturated carbocycles. The summed E-state index contributed by atoms with van der Waals surface area (Å²) in [6.07, 6.45) is 1.79. The molecule has 0 unspecified atom stereocenters. The number of benzene rings is 2. The average Bonchev–Trinajstić information content (AvgIpc) is 2.89. The Balaban J connectivity index is 1.97. The van der Waals surface area contributed by atoms with Crippen LogP contribution in [0.3, 0.4) is 0 Å². The van der Waals surface area contributed by atoms with Crippen LogP contribution in [0.25, 0.3) is 10.9 Å². The maximum atomic E-state index is 12.9. The average molecular weight is 321 g/mol. The number of carbonyl (C=O) groups is 1. The molecular formula is C20H23N3O. The van der Waals surface area contributed by atoms with Gasteiger partial charge < -0.3 is 11.2 Å². The summed E-state index contributed by atoms with van der Waals surface area (Å²) < 4.78 is 1.52. The fraction of sp³-hybridized carbons (Fsp3) is 0.250. The second-order valence-electron chi connectivity index (χ2n) is 6.07. The summed E-state index contributed by atoms with van der Waals surface area (Å²) in [4.78, 5) is 12.9. The van der Waals surface area contributed by atoms with E-state index < -0.39 is 0 Å². The van der Waals surface area contributed by atoms with Crippen molar-refractivity contribution in [2.75, 3.05) is 5.84 Å². The Bertz CT molecular complexity index is 852. The van der Waals surface area contributed by atoms with E-state index in [4.69, 9.17) is 5.84 Å². The Morgan fingerprint density at radius 3 is 2.50 bits per heavy atom. The number of carbonyl (C=O) groups excluding carboxylic acids is 1. The number of hydrogen-bond donors (Lipinski definition) is 2. The van der Waals surface area contributed by atoms with E-state index in [0.29, 0.717) is 5.69 Å². The van der Waals surface area contributed by atoms with Crippen molar-refractivity contribution in [1.82, 2.24) is 9.99 Å². The lowest BCUT2D eigenvalue weighted by Crippen LogP contribution is -2.31. The summed E-state index contributed by atoms with van der Waals surface area (Å²) in [5.41, 5.74) is 3.54. The number of aryl methyl sites for hydroxylation is 1. The number of nitrogens with zero attached hydrogens (tertiary/aromatic N) is 1. The molecule has 3 N–H and O–H groups in total. The van der Waals surface area contributed by atoms with Gasteiger partial charge in [0.2, 0.25) is 0 Å². The molecule has 2 aromatic carbocycles. The smallest absolute Gasteiger partial charge is 0.270 e. The van der Waals surface area contributed by atoms with Crippen molar-refractivity contribution in [2.45, 2.75) is 32.7 Å². The van der Waals surface area contributed by atoms with Gasteiger partial charge >= 0.3 is 0 Å². The largest absolute Gasteiger partial charge is 0.344 e. The van der Waals surface area contributed by atoms with Gasteiger partial charge in [0.15, 0.2) is 0 Å². The molecule has 1 atom stereocenters. The highest BCUT2D eigenvalue weighted by Gasteiger charge is 2.22. The summed E-state index contributed by atoms with van der Waals surface area (Å²) in [6, 6.07) is 17.8. The van der Waals surface area contributed by atoms with Crippen molar-refractivity contribution in [1.29, 1.82) is 0 Å². The van der Waals surface area contributed by atoms with E-state index in [1.54, 1.807) is 0 Å². The number of hydrogen-bond acceptors (Lipinski definition) is 2. The zero-order valence-corrected chi connectivity index (χ0v) is 14.1. The van der Waals surface area contributed by atoms with Crippen LogP contribution in [0.15, 0.2) is 54.6 Å². The quantitative estimate of drug-likeness (QED) is 0.702. The van der Waals surface area contributed by atoms with Crippen LogP contribution in [-0.4, -0.2) is 10.6 Å². The fourth-order valence-corrected chi connectivity index (χ4v) is 3.17. The summed E-state index contributed by atoms with van der Waals surface area (Å²) in [6.45, 7) is 4.09. The molecule has 4 heteroatoms. The lowest BCUT2D eigenvalue weighted by Gasteiger charge is -2.15. The number of rotatable bonds is 5. The van der Waals surface area contributed by atoms with Crippen LogP contribution >= 0.6 is 0 Å². The van der Waals surface area contributed by atoms with Gasteiger partial charge in [-0.25, -0.2) is 0 Å². The highest BCUT2D eigenvalue weighted by atomic mass is 16.2. The van der Waals surface area contributed by atoms with Crippen LogP contribution in [0.1, 0.15) is 47.9 Å². The Morgan fingerprint density at radius 1 is 1.12 bits per heavy atom.